The van der Waals surface area contributed by atoms with Gasteiger partial charge in [0.2, 0.25) is 0 Å². The van der Waals surface area contributed by atoms with E-state index >= 15 is 0 Å². The van der Waals surface area contributed by atoms with E-state index in [2.05, 4.69) is 15.5 Å². The number of nitrogens with zero attached hydrogens (tertiary/aromatic N) is 4. The van der Waals surface area contributed by atoms with Crippen molar-refractivity contribution >= 4 is 17.2 Å². The standard InChI is InChI=1S/C16H17N5O/c1-20(2)13-8-6-12(7-9-13)16(22)17-11-15-19-18-14-5-3-4-10-21(14)15/h3-10H,11H2,1-2H3,(H,17,22). The van der Waals surface area contributed by atoms with Crippen molar-refractivity contribution in [2.45, 2.75) is 6.54 Å². The third-order valence-corrected chi connectivity index (χ3v) is 3.44. The van der Waals surface area contributed by atoms with Gasteiger partial charge in [-0.1, -0.05) is 6.07 Å². The lowest BCUT2D eigenvalue weighted by Crippen LogP contribution is -2.24. The number of anilines is 1. The van der Waals surface area contributed by atoms with Crippen LogP contribution in [-0.2, 0) is 6.54 Å². The van der Waals surface area contributed by atoms with Gasteiger partial charge in [-0.3, -0.25) is 9.20 Å². The summed E-state index contributed by atoms with van der Waals surface area (Å²) in [4.78, 5) is 14.2. The van der Waals surface area contributed by atoms with Crippen LogP contribution in [0, 0.1) is 0 Å². The lowest BCUT2D eigenvalue weighted by atomic mass is 10.2. The Morgan fingerprint density at radius 1 is 1.14 bits per heavy atom. The number of aromatic nitrogens is 3. The van der Waals surface area contributed by atoms with Gasteiger partial charge < -0.3 is 10.2 Å². The minimum Gasteiger partial charge on any atom is -0.378 e. The highest BCUT2D eigenvalue weighted by Crippen LogP contribution is 2.12. The Bertz CT molecular complexity index is 792. The number of fused-ring (bicyclic) bond motifs is 1. The number of pyridine rings is 1. The molecular weight excluding hydrogens is 278 g/mol. The summed E-state index contributed by atoms with van der Waals surface area (Å²) < 4.78 is 1.86. The van der Waals surface area contributed by atoms with Gasteiger partial charge in [0, 0.05) is 31.5 Å². The maximum atomic E-state index is 12.2. The minimum absolute atomic E-state index is 0.127. The summed E-state index contributed by atoms with van der Waals surface area (Å²) in [6.45, 7) is 0.333. The first-order valence-electron chi connectivity index (χ1n) is 6.99. The van der Waals surface area contributed by atoms with Crippen LogP contribution >= 0.6 is 0 Å². The van der Waals surface area contributed by atoms with Crippen LogP contribution in [0.25, 0.3) is 5.65 Å². The molecule has 0 atom stereocenters. The first kappa shape index (κ1) is 14.1. The Kier molecular flexibility index (Phi) is 3.74. The van der Waals surface area contributed by atoms with Gasteiger partial charge in [0.05, 0.1) is 6.54 Å². The maximum Gasteiger partial charge on any atom is 0.251 e. The molecule has 0 fully saturated rings. The van der Waals surface area contributed by atoms with E-state index in [1.54, 1.807) is 0 Å². The van der Waals surface area contributed by atoms with Crippen LogP contribution in [0.3, 0.4) is 0 Å². The molecule has 6 heteroatoms. The van der Waals surface area contributed by atoms with Gasteiger partial charge >= 0.3 is 0 Å². The van der Waals surface area contributed by atoms with Gasteiger partial charge in [0.15, 0.2) is 11.5 Å². The summed E-state index contributed by atoms with van der Waals surface area (Å²) in [5, 5.41) is 11.0. The SMILES string of the molecule is CN(C)c1ccc(C(=O)NCc2nnc3ccccn23)cc1. The molecule has 0 aliphatic rings. The topological polar surface area (TPSA) is 62.5 Å². The van der Waals surface area contributed by atoms with Gasteiger partial charge in [-0.25, -0.2) is 0 Å². The summed E-state index contributed by atoms with van der Waals surface area (Å²) >= 11 is 0. The molecule has 0 saturated carbocycles. The van der Waals surface area contributed by atoms with Gasteiger partial charge in [0.1, 0.15) is 0 Å². The lowest BCUT2D eigenvalue weighted by molar-refractivity contribution is 0.0950. The van der Waals surface area contributed by atoms with Crippen LogP contribution in [0.5, 0.6) is 0 Å². The van der Waals surface area contributed by atoms with E-state index in [0.717, 1.165) is 11.3 Å². The first-order valence-corrected chi connectivity index (χ1v) is 6.99. The predicted molar refractivity (Wildman–Crippen MR) is 84.9 cm³/mol. The molecule has 0 radical (unpaired) electrons. The number of rotatable bonds is 4. The molecule has 22 heavy (non-hydrogen) atoms. The highest BCUT2D eigenvalue weighted by atomic mass is 16.1. The van der Waals surface area contributed by atoms with Gasteiger partial charge in [-0.05, 0) is 36.4 Å². The second-order valence-electron chi connectivity index (χ2n) is 5.17. The number of benzene rings is 1. The van der Waals surface area contributed by atoms with Crippen molar-refractivity contribution in [2.75, 3.05) is 19.0 Å². The zero-order valence-corrected chi connectivity index (χ0v) is 12.5. The number of carbonyl (C=O) groups excluding carboxylic acids is 1. The zero-order valence-electron chi connectivity index (χ0n) is 12.5. The zero-order chi connectivity index (χ0) is 15.5. The van der Waals surface area contributed by atoms with Crippen molar-refractivity contribution in [3.05, 3.63) is 60.0 Å². The highest BCUT2D eigenvalue weighted by molar-refractivity contribution is 5.94. The summed E-state index contributed by atoms with van der Waals surface area (Å²) in [7, 11) is 3.93. The number of amides is 1. The fraction of sp³-hybridized carbons (Fsp3) is 0.188. The second-order valence-corrected chi connectivity index (χ2v) is 5.17. The van der Waals surface area contributed by atoms with Crippen LogP contribution in [0.15, 0.2) is 48.7 Å². The molecule has 0 saturated heterocycles. The maximum absolute atomic E-state index is 12.2. The van der Waals surface area contributed by atoms with Crippen molar-refractivity contribution in [2.24, 2.45) is 0 Å². The third-order valence-electron chi connectivity index (χ3n) is 3.44. The van der Waals surface area contributed by atoms with Crippen molar-refractivity contribution in [3.63, 3.8) is 0 Å². The number of hydrogen-bond donors (Lipinski definition) is 1. The van der Waals surface area contributed by atoms with Crippen LogP contribution in [0.1, 0.15) is 16.2 Å². The van der Waals surface area contributed by atoms with Crippen molar-refractivity contribution < 1.29 is 4.79 Å². The summed E-state index contributed by atoms with van der Waals surface area (Å²) in [5.41, 5.74) is 2.45. The molecule has 2 aromatic heterocycles. The van der Waals surface area contributed by atoms with E-state index in [9.17, 15) is 4.79 Å². The van der Waals surface area contributed by atoms with Crippen LogP contribution < -0.4 is 10.2 Å². The monoisotopic (exact) mass is 295 g/mol. The Labute approximate surface area is 128 Å². The lowest BCUT2D eigenvalue weighted by Gasteiger charge is -2.12. The molecule has 0 spiro atoms. The summed E-state index contributed by atoms with van der Waals surface area (Å²) in [6, 6.07) is 13.1. The number of nitrogens with one attached hydrogen (secondary N) is 1. The molecular formula is C16H17N5O. The Morgan fingerprint density at radius 3 is 2.64 bits per heavy atom. The van der Waals surface area contributed by atoms with Gasteiger partial charge in [0.25, 0.3) is 5.91 Å². The third kappa shape index (κ3) is 2.76. The number of carbonyl (C=O) groups is 1. The van der Waals surface area contributed by atoms with E-state index in [1.165, 1.54) is 0 Å². The fourth-order valence-corrected chi connectivity index (χ4v) is 2.18. The molecule has 0 unspecified atom stereocenters. The van der Waals surface area contributed by atoms with Crippen molar-refractivity contribution in [3.8, 4) is 0 Å². The molecule has 1 N–H and O–H groups in total. The van der Waals surface area contributed by atoms with Gasteiger partial charge in [-0.15, -0.1) is 10.2 Å². The first-order chi connectivity index (χ1) is 10.6. The van der Waals surface area contributed by atoms with E-state index in [4.69, 9.17) is 0 Å². The van der Waals surface area contributed by atoms with E-state index in [0.29, 0.717) is 17.9 Å². The minimum atomic E-state index is -0.127. The fourth-order valence-electron chi connectivity index (χ4n) is 2.18. The average molecular weight is 295 g/mol. The molecule has 3 rings (SSSR count). The predicted octanol–water partition coefficient (Wildman–Crippen LogP) is 1.73. The largest absolute Gasteiger partial charge is 0.378 e. The highest BCUT2D eigenvalue weighted by Gasteiger charge is 2.09. The van der Waals surface area contributed by atoms with Gasteiger partial charge in [-0.2, -0.15) is 0 Å². The Hall–Kier alpha value is -2.89. The second kappa shape index (κ2) is 5.85. The Balaban J connectivity index is 1.69. The van der Waals surface area contributed by atoms with Crippen LogP contribution in [0.2, 0.25) is 0 Å². The smallest absolute Gasteiger partial charge is 0.251 e. The molecule has 3 aromatic rings. The van der Waals surface area contributed by atoms with E-state index < -0.39 is 0 Å². The molecule has 6 nitrogen and oxygen atoms in total. The molecule has 1 amide bonds. The molecule has 112 valence electrons. The molecule has 2 heterocycles. The normalized spacial score (nSPS) is 10.6. The molecule has 0 bridgehead atoms. The van der Waals surface area contributed by atoms with Crippen molar-refractivity contribution in [1.82, 2.24) is 19.9 Å². The molecule has 0 aliphatic heterocycles. The molecule has 0 aliphatic carbocycles. The summed E-state index contributed by atoms with van der Waals surface area (Å²) in [6.07, 6.45) is 1.88. The van der Waals surface area contributed by atoms with Crippen LogP contribution in [0.4, 0.5) is 5.69 Å². The molecule has 1 aromatic carbocycles. The van der Waals surface area contributed by atoms with Crippen LogP contribution in [-0.4, -0.2) is 34.6 Å². The summed E-state index contributed by atoms with van der Waals surface area (Å²) in [5.74, 6) is 0.576. The Morgan fingerprint density at radius 2 is 1.91 bits per heavy atom. The van der Waals surface area contributed by atoms with E-state index in [-0.39, 0.29) is 5.91 Å². The van der Waals surface area contributed by atoms with Crippen molar-refractivity contribution in [1.29, 1.82) is 0 Å². The van der Waals surface area contributed by atoms with E-state index in [1.807, 2.05) is 72.1 Å². The quantitative estimate of drug-likeness (QED) is 0.796. The number of hydrogen-bond acceptors (Lipinski definition) is 4. The average Bonchev–Trinajstić information content (AvgIpc) is 2.96.